The van der Waals surface area contributed by atoms with Crippen LogP contribution in [-0.4, -0.2) is 32.8 Å². The summed E-state index contributed by atoms with van der Waals surface area (Å²) in [4.78, 5) is 12.9. The van der Waals surface area contributed by atoms with Gasteiger partial charge in [-0.2, -0.15) is 4.68 Å². The first-order valence-corrected chi connectivity index (χ1v) is 11.0. The van der Waals surface area contributed by atoms with Crippen LogP contribution in [0.5, 0.6) is 5.75 Å². The minimum absolute atomic E-state index is 0.0106. The molecule has 8 nitrogen and oxygen atoms in total. The Kier molecular flexibility index (Phi) is 6.88. The van der Waals surface area contributed by atoms with Gasteiger partial charge in [0.15, 0.2) is 0 Å². The summed E-state index contributed by atoms with van der Waals surface area (Å²) < 4.78 is 26.7. The largest absolute Gasteiger partial charge is 0.489 e. The van der Waals surface area contributed by atoms with E-state index < -0.39 is 17.8 Å². The van der Waals surface area contributed by atoms with Crippen molar-refractivity contribution in [1.82, 2.24) is 20.2 Å². The van der Waals surface area contributed by atoms with Gasteiger partial charge in [0.05, 0.1) is 17.2 Å². The van der Waals surface area contributed by atoms with Crippen LogP contribution in [0.4, 0.5) is 10.3 Å². The van der Waals surface area contributed by atoms with Crippen LogP contribution in [0.1, 0.15) is 43.9 Å². The lowest BCUT2D eigenvalue weighted by Gasteiger charge is -2.27. The first-order chi connectivity index (χ1) is 16.0. The van der Waals surface area contributed by atoms with Crippen molar-refractivity contribution >= 4 is 23.5 Å². The van der Waals surface area contributed by atoms with Gasteiger partial charge in [0.25, 0.3) is 0 Å². The second-order valence-electron chi connectivity index (χ2n) is 7.56. The number of allylic oxidation sites excluding steroid dienone is 1. The molecule has 0 saturated heterocycles. The van der Waals surface area contributed by atoms with E-state index in [0.717, 1.165) is 18.4 Å². The van der Waals surface area contributed by atoms with Crippen LogP contribution < -0.4 is 10.1 Å². The van der Waals surface area contributed by atoms with Gasteiger partial charge < -0.3 is 14.8 Å². The van der Waals surface area contributed by atoms with Crippen LogP contribution in [0, 0.1) is 5.82 Å². The van der Waals surface area contributed by atoms with E-state index in [-0.39, 0.29) is 12.2 Å². The Morgan fingerprint density at radius 1 is 1.24 bits per heavy atom. The van der Waals surface area contributed by atoms with Gasteiger partial charge in [-0.15, -0.1) is 0 Å². The molecular formula is C23H23ClFN5O3. The van der Waals surface area contributed by atoms with E-state index in [1.165, 1.54) is 6.07 Å². The van der Waals surface area contributed by atoms with Crippen molar-refractivity contribution in [2.45, 2.75) is 39.3 Å². The molecule has 0 radical (unpaired) electrons. The van der Waals surface area contributed by atoms with E-state index in [9.17, 15) is 9.18 Å². The molecule has 172 valence electrons. The molecule has 4 rings (SSSR count). The summed E-state index contributed by atoms with van der Waals surface area (Å²) in [5.74, 6) is 0.106. The van der Waals surface area contributed by atoms with Gasteiger partial charge >= 0.3 is 5.97 Å². The Hall–Kier alpha value is -3.46. The zero-order valence-corrected chi connectivity index (χ0v) is 19.0. The molecule has 0 saturated carbocycles. The molecule has 2 heterocycles. The smallest absolute Gasteiger partial charge is 0.338 e. The third kappa shape index (κ3) is 4.83. The third-order valence-corrected chi connectivity index (χ3v) is 5.66. The monoisotopic (exact) mass is 471 g/mol. The Labute approximate surface area is 195 Å². The maximum Gasteiger partial charge on any atom is 0.338 e. The Bertz CT molecular complexity index is 1160. The van der Waals surface area contributed by atoms with Crippen molar-refractivity contribution in [2.75, 3.05) is 11.9 Å². The normalized spacial score (nSPS) is 15.1. The van der Waals surface area contributed by atoms with Crippen LogP contribution in [-0.2, 0) is 16.1 Å². The fourth-order valence-electron chi connectivity index (χ4n) is 3.54. The first kappa shape index (κ1) is 22.7. The van der Waals surface area contributed by atoms with Crippen LogP contribution in [0.25, 0.3) is 0 Å². The van der Waals surface area contributed by atoms with Crippen molar-refractivity contribution in [3.63, 3.8) is 0 Å². The average molecular weight is 472 g/mol. The molecule has 10 heteroatoms. The van der Waals surface area contributed by atoms with Crippen LogP contribution in [0.15, 0.2) is 53.7 Å². The van der Waals surface area contributed by atoms with Crippen LogP contribution in [0.3, 0.4) is 0 Å². The van der Waals surface area contributed by atoms with Gasteiger partial charge in [0.2, 0.25) is 5.95 Å². The number of halogens is 2. The van der Waals surface area contributed by atoms with E-state index in [0.29, 0.717) is 34.6 Å². The maximum absolute atomic E-state index is 14.0. The average Bonchev–Trinajstić information content (AvgIpc) is 3.26. The highest BCUT2D eigenvalue weighted by atomic mass is 35.5. The number of tetrazole rings is 1. The number of unbranched alkanes of at least 4 members (excludes halogenated alkanes) is 1. The summed E-state index contributed by atoms with van der Waals surface area (Å²) in [6, 6.07) is 11.0. The molecule has 2 aromatic carbocycles. The summed E-state index contributed by atoms with van der Waals surface area (Å²) in [5.41, 5.74) is 2.11. The third-order valence-electron chi connectivity index (χ3n) is 5.31. The molecule has 1 N–H and O–H groups in total. The Morgan fingerprint density at radius 3 is 2.76 bits per heavy atom. The SMILES string of the molecule is CCCCOC(=O)C1=C(C)Nc2nnnn2C1c1ccc(OCc2c(F)cccc2Cl)cc1. The summed E-state index contributed by atoms with van der Waals surface area (Å²) in [7, 11) is 0. The summed E-state index contributed by atoms with van der Waals surface area (Å²) in [6.07, 6.45) is 1.70. The Morgan fingerprint density at radius 2 is 2.03 bits per heavy atom. The number of carbonyl (C=O) groups is 1. The quantitative estimate of drug-likeness (QED) is 0.377. The van der Waals surface area contributed by atoms with E-state index in [2.05, 4.69) is 20.8 Å². The molecule has 0 bridgehead atoms. The van der Waals surface area contributed by atoms with Crippen LogP contribution >= 0.6 is 11.6 Å². The molecule has 33 heavy (non-hydrogen) atoms. The van der Waals surface area contributed by atoms with E-state index >= 15 is 0 Å². The molecule has 3 aromatic rings. The number of nitrogens with one attached hydrogen (secondary N) is 1. The number of benzene rings is 2. The molecule has 1 atom stereocenters. The van der Waals surface area contributed by atoms with E-state index in [1.54, 1.807) is 35.9 Å². The predicted molar refractivity (Wildman–Crippen MR) is 120 cm³/mol. The number of esters is 1. The zero-order chi connectivity index (χ0) is 23.4. The highest BCUT2D eigenvalue weighted by Crippen LogP contribution is 2.35. The predicted octanol–water partition coefficient (Wildman–Crippen LogP) is 4.68. The molecule has 0 amide bonds. The van der Waals surface area contributed by atoms with Crippen molar-refractivity contribution in [2.24, 2.45) is 0 Å². The molecule has 0 aliphatic carbocycles. The number of hydrogen-bond acceptors (Lipinski definition) is 7. The molecular weight excluding hydrogens is 449 g/mol. The van der Waals surface area contributed by atoms with Crippen LogP contribution in [0.2, 0.25) is 5.02 Å². The summed E-state index contributed by atoms with van der Waals surface area (Å²) in [5, 5.41) is 15.1. The fourth-order valence-corrected chi connectivity index (χ4v) is 3.76. The molecule has 1 aliphatic rings. The number of carbonyl (C=O) groups excluding carboxylic acids is 1. The van der Waals surface area contributed by atoms with Crippen molar-refractivity contribution in [1.29, 1.82) is 0 Å². The van der Waals surface area contributed by atoms with Gasteiger partial charge in [-0.05, 0) is 53.6 Å². The highest BCUT2D eigenvalue weighted by Gasteiger charge is 2.34. The zero-order valence-electron chi connectivity index (χ0n) is 18.2. The minimum Gasteiger partial charge on any atom is -0.489 e. The van der Waals surface area contributed by atoms with Gasteiger partial charge in [-0.25, -0.2) is 9.18 Å². The van der Waals surface area contributed by atoms with E-state index in [1.807, 2.05) is 19.1 Å². The summed E-state index contributed by atoms with van der Waals surface area (Å²) in [6.45, 7) is 4.15. The number of hydrogen-bond donors (Lipinski definition) is 1. The number of nitrogens with zero attached hydrogens (tertiary/aromatic N) is 4. The van der Waals surface area contributed by atoms with E-state index in [4.69, 9.17) is 21.1 Å². The van der Waals surface area contributed by atoms with Crippen molar-refractivity contribution in [3.05, 3.63) is 75.7 Å². The lowest BCUT2D eigenvalue weighted by atomic mass is 9.96. The Balaban J connectivity index is 1.57. The molecule has 1 unspecified atom stereocenters. The lowest BCUT2D eigenvalue weighted by Crippen LogP contribution is -2.29. The second kappa shape index (κ2) is 9.99. The van der Waals surface area contributed by atoms with Gasteiger partial charge in [0.1, 0.15) is 24.2 Å². The molecule has 0 fully saturated rings. The number of anilines is 1. The minimum atomic E-state index is -0.569. The molecule has 1 aliphatic heterocycles. The first-order valence-electron chi connectivity index (χ1n) is 10.6. The van der Waals surface area contributed by atoms with Gasteiger partial charge in [-0.3, -0.25) is 0 Å². The van der Waals surface area contributed by atoms with Gasteiger partial charge in [0, 0.05) is 11.3 Å². The summed E-state index contributed by atoms with van der Waals surface area (Å²) >= 11 is 6.07. The standard InChI is InChI=1S/C23H23ClFN5O3/c1-3-4-12-32-22(31)20-14(2)26-23-27-28-29-30(23)21(20)15-8-10-16(11-9-15)33-13-17-18(24)6-5-7-19(17)25/h5-11,21H,3-4,12-13H2,1-2H3,(H,26,27,29). The highest BCUT2D eigenvalue weighted by molar-refractivity contribution is 6.31. The number of fused-ring (bicyclic) bond motifs is 1. The van der Waals surface area contributed by atoms with Gasteiger partial charge in [-0.1, -0.05) is 48.2 Å². The number of ether oxygens (including phenoxy) is 2. The van der Waals surface area contributed by atoms with Crippen molar-refractivity contribution < 1.29 is 18.7 Å². The number of aromatic nitrogens is 4. The van der Waals surface area contributed by atoms with Crippen molar-refractivity contribution in [3.8, 4) is 5.75 Å². The fraction of sp³-hybridized carbons (Fsp3) is 0.304. The molecule has 0 spiro atoms. The topological polar surface area (TPSA) is 91.2 Å². The molecule has 1 aromatic heterocycles. The second-order valence-corrected chi connectivity index (χ2v) is 7.97. The lowest BCUT2D eigenvalue weighted by molar-refractivity contribution is -0.139. The number of rotatable bonds is 8. The maximum atomic E-state index is 14.0.